The molecule has 0 aromatic heterocycles. The number of hydrazine groups is 1. The van der Waals surface area contributed by atoms with Crippen molar-refractivity contribution in [3.8, 4) is 0 Å². The van der Waals surface area contributed by atoms with Crippen molar-refractivity contribution in [1.82, 2.24) is 10.0 Å². The van der Waals surface area contributed by atoms with Crippen LogP contribution in [-0.2, 0) is 0 Å². The molecule has 0 saturated carbocycles. The molecule has 0 amide bonds. The fourth-order valence-electron chi connectivity index (χ4n) is 3.25. The lowest BCUT2D eigenvalue weighted by Crippen LogP contribution is -2.32. The predicted molar refractivity (Wildman–Crippen MR) is 96.4 cm³/mol. The summed E-state index contributed by atoms with van der Waals surface area (Å²) in [6.45, 7) is 2.05. The first-order chi connectivity index (χ1) is 10.8. The van der Waals surface area contributed by atoms with E-state index in [2.05, 4.69) is 79.4 Å². The zero-order chi connectivity index (χ0) is 15.1. The monoisotopic (exact) mass is 373 g/mol. The van der Waals surface area contributed by atoms with Crippen LogP contribution in [0.4, 0.5) is 5.69 Å². The van der Waals surface area contributed by atoms with Gasteiger partial charge in [-0.3, -0.25) is 9.91 Å². The van der Waals surface area contributed by atoms with Crippen LogP contribution in [0.5, 0.6) is 0 Å². The van der Waals surface area contributed by atoms with Gasteiger partial charge in [0.15, 0.2) is 5.11 Å². The van der Waals surface area contributed by atoms with Gasteiger partial charge in [-0.05, 0) is 48.5 Å². The highest BCUT2D eigenvalue weighted by atomic mass is 79.9. The minimum atomic E-state index is 0.144. The van der Waals surface area contributed by atoms with Crippen LogP contribution in [-0.4, -0.2) is 28.2 Å². The summed E-state index contributed by atoms with van der Waals surface area (Å²) >= 11 is 9.28. The van der Waals surface area contributed by atoms with Gasteiger partial charge in [0.1, 0.15) is 6.17 Å². The van der Waals surface area contributed by atoms with Gasteiger partial charge in [-0.25, -0.2) is 0 Å². The molecular weight excluding hydrogens is 358 g/mol. The molecule has 0 spiro atoms. The van der Waals surface area contributed by atoms with E-state index in [9.17, 15) is 0 Å². The Morgan fingerprint density at radius 3 is 2.41 bits per heavy atom. The molecule has 4 rings (SSSR count). The van der Waals surface area contributed by atoms with Crippen molar-refractivity contribution in [2.24, 2.45) is 0 Å². The van der Waals surface area contributed by atoms with Gasteiger partial charge in [-0.1, -0.05) is 46.3 Å². The summed E-state index contributed by atoms with van der Waals surface area (Å²) in [5.74, 6) is 0. The third kappa shape index (κ3) is 2.24. The quantitative estimate of drug-likeness (QED) is 0.730. The molecular formula is C17H16BrN3S. The third-order valence-corrected chi connectivity index (χ3v) is 5.16. The fourth-order valence-corrected chi connectivity index (χ4v) is 3.92. The van der Waals surface area contributed by atoms with Crippen molar-refractivity contribution in [3.05, 3.63) is 64.6 Å². The first kappa shape index (κ1) is 14.2. The highest BCUT2D eigenvalue weighted by Crippen LogP contribution is 2.40. The molecule has 2 aliphatic rings. The molecule has 0 aliphatic carbocycles. The number of anilines is 1. The summed E-state index contributed by atoms with van der Waals surface area (Å²) in [5.41, 5.74) is 2.41. The molecule has 3 nitrogen and oxygen atoms in total. The second-order valence-corrected chi connectivity index (χ2v) is 6.83. The number of hydrogen-bond acceptors (Lipinski definition) is 2. The van der Waals surface area contributed by atoms with Gasteiger partial charge in [0, 0.05) is 23.2 Å². The van der Waals surface area contributed by atoms with Gasteiger partial charge in [0.25, 0.3) is 0 Å². The van der Waals surface area contributed by atoms with Crippen LogP contribution in [0.3, 0.4) is 0 Å². The van der Waals surface area contributed by atoms with Crippen LogP contribution in [0, 0.1) is 0 Å². The number of fused-ring (bicyclic) bond motifs is 1. The Morgan fingerprint density at radius 1 is 0.955 bits per heavy atom. The van der Waals surface area contributed by atoms with E-state index in [1.54, 1.807) is 0 Å². The molecule has 22 heavy (non-hydrogen) atoms. The Kier molecular flexibility index (Phi) is 3.64. The lowest BCUT2D eigenvalue weighted by atomic mass is 10.1. The third-order valence-electron chi connectivity index (χ3n) is 4.22. The number of nitrogens with zero attached hydrogens (tertiary/aromatic N) is 3. The fraction of sp³-hybridized carbons (Fsp3) is 0.235. The maximum atomic E-state index is 5.76. The molecule has 0 radical (unpaired) electrons. The van der Waals surface area contributed by atoms with Crippen molar-refractivity contribution < 1.29 is 0 Å². The molecule has 0 unspecified atom stereocenters. The number of rotatable bonds is 2. The smallest absolute Gasteiger partial charge is 0.192 e. The summed E-state index contributed by atoms with van der Waals surface area (Å²) in [6.07, 6.45) is 1.31. The largest absolute Gasteiger partial charge is 0.296 e. The standard InChI is InChI=1S/C17H16BrN3S/c18-14-9-7-13(8-10-14)16-19-11-4-12-20(19)17(22)21(16)15-5-2-1-3-6-15/h1-3,5-10,16H,4,11-12H2/t16-/m0/s1. The summed E-state index contributed by atoms with van der Waals surface area (Å²) < 4.78 is 1.10. The van der Waals surface area contributed by atoms with Crippen LogP contribution in [0.1, 0.15) is 18.2 Å². The molecule has 1 atom stereocenters. The van der Waals surface area contributed by atoms with E-state index in [-0.39, 0.29) is 6.17 Å². The molecule has 2 aromatic carbocycles. The summed E-state index contributed by atoms with van der Waals surface area (Å²) in [6, 6.07) is 19.0. The first-order valence-corrected chi connectivity index (χ1v) is 8.63. The van der Waals surface area contributed by atoms with E-state index in [4.69, 9.17) is 12.2 Å². The van der Waals surface area contributed by atoms with Gasteiger partial charge in [0.2, 0.25) is 0 Å². The second-order valence-electron chi connectivity index (χ2n) is 5.55. The summed E-state index contributed by atoms with van der Waals surface area (Å²) in [7, 11) is 0. The maximum Gasteiger partial charge on any atom is 0.192 e. The van der Waals surface area contributed by atoms with E-state index in [1.807, 2.05) is 6.07 Å². The lowest BCUT2D eigenvalue weighted by Gasteiger charge is -2.28. The number of thiocarbonyl (C=S) groups is 1. The zero-order valence-electron chi connectivity index (χ0n) is 12.0. The molecule has 2 saturated heterocycles. The van der Waals surface area contributed by atoms with Crippen LogP contribution in [0.15, 0.2) is 59.1 Å². The minimum absolute atomic E-state index is 0.144. The van der Waals surface area contributed by atoms with E-state index in [0.717, 1.165) is 34.8 Å². The summed E-state index contributed by atoms with van der Waals surface area (Å²) in [4.78, 5) is 2.26. The highest BCUT2D eigenvalue weighted by Gasteiger charge is 2.45. The average Bonchev–Trinajstić information content (AvgIpc) is 3.12. The van der Waals surface area contributed by atoms with Gasteiger partial charge >= 0.3 is 0 Å². The van der Waals surface area contributed by atoms with E-state index in [0.29, 0.717) is 0 Å². The van der Waals surface area contributed by atoms with Gasteiger partial charge in [-0.15, -0.1) is 0 Å². The number of hydrogen-bond donors (Lipinski definition) is 0. The van der Waals surface area contributed by atoms with Crippen molar-refractivity contribution in [3.63, 3.8) is 0 Å². The Morgan fingerprint density at radius 2 is 1.68 bits per heavy atom. The van der Waals surface area contributed by atoms with Crippen LogP contribution in [0.25, 0.3) is 0 Å². The predicted octanol–water partition coefficient (Wildman–Crippen LogP) is 4.18. The molecule has 5 heteroatoms. The van der Waals surface area contributed by atoms with Gasteiger partial charge < -0.3 is 0 Å². The average molecular weight is 374 g/mol. The molecule has 2 fully saturated rings. The van der Waals surface area contributed by atoms with E-state index in [1.165, 1.54) is 5.56 Å². The maximum absolute atomic E-state index is 5.76. The zero-order valence-corrected chi connectivity index (χ0v) is 14.4. The van der Waals surface area contributed by atoms with E-state index < -0.39 is 0 Å². The Bertz CT molecular complexity index is 689. The molecule has 0 N–H and O–H groups in total. The second kappa shape index (κ2) is 5.65. The van der Waals surface area contributed by atoms with Crippen molar-refractivity contribution in [2.45, 2.75) is 12.6 Å². The van der Waals surface area contributed by atoms with Gasteiger partial charge in [-0.2, -0.15) is 5.01 Å². The van der Waals surface area contributed by atoms with Crippen molar-refractivity contribution in [2.75, 3.05) is 18.0 Å². The minimum Gasteiger partial charge on any atom is -0.296 e. The van der Waals surface area contributed by atoms with Crippen LogP contribution in [0.2, 0.25) is 0 Å². The Hall–Kier alpha value is -1.43. The first-order valence-electron chi connectivity index (χ1n) is 7.43. The SMILES string of the molecule is S=C1N(c2ccccc2)[C@@H](c2ccc(Br)cc2)N2CCCN12. The normalized spacial score (nSPS) is 21.5. The van der Waals surface area contributed by atoms with Crippen LogP contribution < -0.4 is 4.90 Å². The molecule has 112 valence electrons. The molecule has 2 aromatic rings. The highest BCUT2D eigenvalue weighted by molar-refractivity contribution is 9.10. The number of benzene rings is 2. The molecule has 0 bridgehead atoms. The molecule has 2 aliphatic heterocycles. The number of para-hydroxylation sites is 1. The van der Waals surface area contributed by atoms with Gasteiger partial charge in [0.05, 0.1) is 0 Å². The lowest BCUT2D eigenvalue weighted by molar-refractivity contribution is 0.0923. The summed E-state index contributed by atoms with van der Waals surface area (Å²) in [5, 5.41) is 5.53. The van der Waals surface area contributed by atoms with E-state index >= 15 is 0 Å². The Labute approximate surface area is 144 Å². The number of halogens is 1. The van der Waals surface area contributed by atoms with Crippen molar-refractivity contribution >= 4 is 38.9 Å². The molecule has 2 heterocycles. The van der Waals surface area contributed by atoms with Crippen molar-refractivity contribution in [1.29, 1.82) is 0 Å². The van der Waals surface area contributed by atoms with Crippen LogP contribution >= 0.6 is 28.1 Å². The Balaban J connectivity index is 1.80. The topological polar surface area (TPSA) is 9.72 Å².